The molecular weight excluding hydrogens is 440 g/mol. The Balaban J connectivity index is 1.38. The van der Waals surface area contributed by atoms with Crippen molar-refractivity contribution in [1.82, 2.24) is 20.6 Å². The summed E-state index contributed by atoms with van der Waals surface area (Å²) in [5, 5.41) is 4.87. The Morgan fingerprint density at radius 2 is 1.88 bits per heavy atom. The first-order valence-electron chi connectivity index (χ1n) is 10.5. The van der Waals surface area contributed by atoms with Crippen molar-refractivity contribution >= 4 is 23.7 Å². The van der Waals surface area contributed by atoms with E-state index >= 15 is 0 Å². The second kappa shape index (κ2) is 10.4. The normalized spacial score (nSPS) is 15.3. The lowest BCUT2D eigenvalue weighted by Gasteiger charge is -2.13. The molecule has 2 aromatic heterocycles. The third-order valence-corrected chi connectivity index (χ3v) is 5.82. The van der Waals surface area contributed by atoms with Gasteiger partial charge in [-0.2, -0.15) is 0 Å². The van der Waals surface area contributed by atoms with Gasteiger partial charge in [0.1, 0.15) is 18.4 Å². The Morgan fingerprint density at radius 1 is 1.06 bits per heavy atom. The lowest BCUT2D eigenvalue weighted by molar-refractivity contribution is -0.120. The molecule has 1 aromatic carbocycles. The van der Waals surface area contributed by atoms with Gasteiger partial charge in [0, 0.05) is 40.0 Å². The van der Waals surface area contributed by atoms with Crippen LogP contribution in [0.1, 0.15) is 31.0 Å². The third-order valence-electron chi connectivity index (χ3n) is 4.72. The molecule has 0 bridgehead atoms. The van der Waals surface area contributed by atoms with Crippen LogP contribution in [0.25, 0.3) is 0 Å². The van der Waals surface area contributed by atoms with Gasteiger partial charge in [0.15, 0.2) is 0 Å². The monoisotopic (exact) mass is 464 g/mol. The number of aromatic nitrogens is 2. The van der Waals surface area contributed by atoms with Crippen LogP contribution in [0.5, 0.6) is 11.6 Å². The van der Waals surface area contributed by atoms with Gasteiger partial charge in [-0.15, -0.1) is 0 Å². The number of nitrogens with zero attached hydrogens (tertiary/aromatic N) is 2. The molecule has 1 saturated heterocycles. The molecule has 3 amide bonds. The highest BCUT2D eigenvalue weighted by Gasteiger charge is 2.32. The fourth-order valence-corrected chi connectivity index (χ4v) is 4.05. The number of benzene rings is 1. The number of imide groups is 1. The first kappa shape index (κ1) is 22.6. The maximum atomic E-state index is 12.1. The molecule has 8 nitrogen and oxygen atoms in total. The van der Waals surface area contributed by atoms with E-state index in [1.54, 1.807) is 18.6 Å². The summed E-state index contributed by atoms with van der Waals surface area (Å²) in [5.41, 5.74) is 1.62. The van der Waals surface area contributed by atoms with Crippen molar-refractivity contribution in [2.24, 2.45) is 5.92 Å². The summed E-state index contributed by atoms with van der Waals surface area (Å²) in [6, 6.07) is 12.0. The van der Waals surface area contributed by atoms with E-state index in [-0.39, 0.29) is 5.91 Å². The van der Waals surface area contributed by atoms with Crippen LogP contribution in [0, 0.1) is 5.92 Å². The molecule has 0 aliphatic carbocycles. The van der Waals surface area contributed by atoms with Gasteiger partial charge in [0.2, 0.25) is 5.88 Å². The van der Waals surface area contributed by atoms with Crippen molar-refractivity contribution < 1.29 is 19.1 Å². The van der Waals surface area contributed by atoms with Crippen molar-refractivity contribution in [2.75, 3.05) is 6.61 Å². The molecule has 0 saturated carbocycles. The van der Waals surface area contributed by atoms with Gasteiger partial charge < -0.3 is 14.8 Å². The Kier molecular flexibility index (Phi) is 7.09. The van der Waals surface area contributed by atoms with Gasteiger partial charge in [0.05, 0.1) is 6.61 Å². The molecule has 0 spiro atoms. The minimum absolute atomic E-state index is 0.382. The molecule has 1 aliphatic rings. The molecule has 170 valence electrons. The molecule has 3 aromatic rings. The van der Waals surface area contributed by atoms with Crippen LogP contribution in [-0.2, 0) is 11.4 Å². The zero-order valence-electron chi connectivity index (χ0n) is 18.3. The largest absolute Gasteiger partial charge is 0.489 e. The number of amides is 3. The van der Waals surface area contributed by atoms with Crippen LogP contribution < -0.4 is 20.1 Å². The fourth-order valence-electron chi connectivity index (χ4n) is 3.11. The number of carbonyl (C=O) groups excluding carboxylic acids is 2. The van der Waals surface area contributed by atoms with E-state index in [2.05, 4.69) is 34.4 Å². The van der Waals surface area contributed by atoms with E-state index < -0.39 is 12.1 Å². The summed E-state index contributed by atoms with van der Waals surface area (Å²) in [6.45, 7) is 5.20. The summed E-state index contributed by atoms with van der Waals surface area (Å²) in [6.07, 6.45) is 4.97. The zero-order valence-corrected chi connectivity index (χ0v) is 19.1. The molecule has 1 aliphatic heterocycles. The number of hydrogen-bond donors (Lipinski definition) is 2. The highest BCUT2D eigenvalue weighted by Crippen LogP contribution is 2.34. The van der Waals surface area contributed by atoms with E-state index in [1.807, 2.05) is 42.5 Å². The van der Waals surface area contributed by atoms with E-state index in [0.29, 0.717) is 30.6 Å². The maximum absolute atomic E-state index is 12.1. The predicted molar refractivity (Wildman–Crippen MR) is 123 cm³/mol. The van der Waals surface area contributed by atoms with Crippen LogP contribution in [0.3, 0.4) is 0 Å². The summed E-state index contributed by atoms with van der Waals surface area (Å²) >= 11 is 1.49. The van der Waals surface area contributed by atoms with E-state index in [1.165, 1.54) is 11.8 Å². The minimum atomic E-state index is -0.744. The second-order valence-corrected chi connectivity index (χ2v) is 8.99. The minimum Gasteiger partial charge on any atom is -0.489 e. The summed E-state index contributed by atoms with van der Waals surface area (Å²) in [5.74, 6) is 1.38. The summed E-state index contributed by atoms with van der Waals surface area (Å²) in [4.78, 5) is 33.7. The second-order valence-electron chi connectivity index (χ2n) is 7.88. The summed E-state index contributed by atoms with van der Waals surface area (Å²) in [7, 11) is 0. The molecule has 3 heterocycles. The van der Waals surface area contributed by atoms with Gasteiger partial charge in [0.25, 0.3) is 5.91 Å². The predicted octanol–water partition coefficient (Wildman–Crippen LogP) is 4.12. The molecule has 4 rings (SSSR count). The number of hydrogen-bond acceptors (Lipinski definition) is 7. The third kappa shape index (κ3) is 6.01. The van der Waals surface area contributed by atoms with Crippen molar-refractivity contribution in [1.29, 1.82) is 0 Å². The lowest BCUT2D eigenvalue weighted by atomic mass is 10.1. The number of pyridine rings is 2. The average Bonchev–Trinajstić information content (AvgIpc) is 3.15. The first-order valence-corrected chi connectivity index (χ1v) is 11.3. The lowest BCUT2D eigenvalue weighted by Crippen LogP contribution is -2.22. The molecule has 1 fully saturated rings. The molecule has 1 atom stereocenters. The van der Waals surface area contributed by atoms with Gasteiger partial charge in [-0.05, 0) is 47.9 Å². The van der Waals surface area contributed by atoms with Crippen molar-refractivity contribution in [3.63, 3.8) is 0 Å². The van der Waals surface area contributed by atoms with Crippen LogP contribution in [0.4, 0.5) is 4.79 Å². The van der Waals surface area contributed by atoms with Crippen LogP contribution in [0.15, 0.2) is 70.8 Å². The highest BCUT2D eigenvalue weighted by atomic mass is 32.2. The van der Waals surface area contributed by atoms with Gasteiger partial charge in [-0.1, -0.05) is 25.6 Å². The smallest absolute Gasteiger partial charge is 0.322 e. The SMILES string of the molecule is CC(C)COc1cc(COc2ccc(Sc3ccncc3C3NC(=O)NC3=O)cc2)ccn1. The van der Waals surface area contributed by atoms with Crippen LogP contribution >= 0.6 is 11.8 Å². The first-order chi connectivity index (χ1) is 16.0. The molecule has 0 radical (unpaired) electrons. The average molecular weight is 465 g/mol. The van der Waals surface area contributed by atoms with Gasteiger partial charge >= 0.3 is 6.03 Å². The van der Waals surface area contributed by atoms with Crippen LogP contribution in [0.2, 0.25) is 0 Å². The topological polar surface area (TPSA) is 102 Å². The molecule has 9 heteroatoms. The Morgan fingerprint density at radius 3 is 2.61 bits per heavy atom. The van der Waals surface area contributed by atoms with Crippen molar-refractivity contribution in [2.45, 2.75) is 36.3 Å². The van der Waals surface area contributed by atoms with Crippen LogP contribution in [-0.4, -0.2) is 28.5 Å². The van der Waals surface area contributed by atoms with E-state index in [4.69, 9.17) is 9.47 Å². The molecule has 33 heavy (non-hydrogen) atoms. The quantitative estimate of drug-likeness (QED) is 0.459. The Bertz CT molecular complexity index is 1140. The number of nitrogens with one attached hydrogen (secondary N) is 2. The Labute approximate surface area is 196 Å². The Hall–Kier alpha value is -3.59. The van der Waals surface area contributed by atoms with E-state index in [9.17, 15) is 9.59 Å². The molecule has 1 unspecified atom stereocenters. The summed E-state index contributed by atoms with van der Waals surface area (Å²) < 4.78 is 11.6. The number of carbonyl (C=O) groups is 2. The molecule has 2 N–H and O–H groups in total. The van der Waals surface area contributed by atoms with Gasteiger partial charge in [-0.25, -0.2) is 9.78 Å². The zero-order chi connectivity index (χ0) is 23.2. The van der Waals surface area contributed by atoms with E-state index in [0.717, 1.165) is 21.1 Å². The highest BCUT2D eigenvalue weighted by molar-refractivity contribution is 7.99. The maximum Gasteiger partial charge on any atom is 0.322 e. The number of rotatable bonds is 9. The van der Waals surface area contributed by atoms with Crippen molar-refractivity contribution in [3.05, 3.63) is 72.2 Å². The van der Waals surface area contributed by atoms with Gasteiger partial charge in [-0.3, -0.25) is 15.1 Å². The number of ether oxygens (including phenoxy) is 2. The molecular formula is C24H24N4O4S. The number of urea groups is 1. The fraction of sp³-hybridized carbons (Fsp3) is 0.250. The van der Waals surface area contributed by atoms with Crippen molar-refractivity contribution in [3.8, 4) is 11.6 Å². The standard InChI is InChI=1S/C24H24N4O4S/c1-15(2)13-32-21-11-16(7-10-26-21)14-31-17-3-5-18(6-4-17)33-20-8-9-25-12-19(20)22-23(29)28-24(30)27-22/h3-12,15,22H,13-14H2,1-2H3,(H2,27,28,29,30).